The Morgan fingerprint density at radius 2 is 2.07 bits per heavy atom. The lowest BCUT2D eigenvalue weighted by molar-refractivity contribution is 0.460. The fraction of sp³-hybridized carbons (Fsp3) is 0.538. The van der Waals surface area contributed by atoms with Gasteiger partial charge in [0.2, 0.25) is 0 Å². The number of benzene rings is 1. The molecule has 0 bridgehead atoms. The van der Waals surface area contributed by atoms with E-state index in [1.165, 1.54) is 40.5 Å². The smallest absolute Gasteiger partial charge is 0.0207 e. The zero-order valence-corrected chi connectivity index (χ0v) is 11.0. The first-order valence-electron chi connectivity index (χ1n) is 5.66. The van der Waals surface area contributed by atoms with Gasteiger partial charge in [-0.2, -0.15) is 0 Å². The molecule has 1 fully saturated rings. The van der Waals surface area contributed by atoms with Gasteiger partial charge in [0.25, 0.3) is 0 Å². The van der Waals surface area contributed by atoms with Gasteiger partial charge in [-0.05, 0) is 61.9 Å². The molecule has 1 aliphatic heterocycles. The minimum absolute atomic E-state index is 0.713. The lowest BCUT2D eigenvalue weighted by atomic mass is 9.87. The van der Waals surface area contributed by atoms with Crippen LogP contribution in [0.25, 0.3) is 0 Å². The van der Waals surface area contributed by atoms with Gasteiger partial charge in [-0.1, -0.05) is 22.0 Å². The second-order valence-corrected chi connectivity index (χ2v) is 5.28. The van der Waals surface area contributed by atoms with E-state index in [1.807, 2.05) is 0 Å². The molecule has 1 heterocycles. The van der Waals surface area contributed by atoms with E-state index in [1.54, 1.807) is 0 Å². The molecule has 1 atom stereocenters. The van der Waals surface area contributed by atoms with Crippen LogP contribution < -0.4 is 5.32 Å². The van der Waals surface area contributed by atoms with Gasteiger partial charge >= 0.3 is 0 Å². The van der Waals surface area contributed by atoms with Gasteiger partial charge in [-0.3, -0.25) is 0 Å². The molecule has 82 valence electrons. The quantitative estimate of drug-likeness (QED) is 0.821. The van der Waals surface area contributed by atoms with Crippen LogP contribution in [0.5, 0.6) is 0 Å². The molecule has 0 spiro atoms. The lowest BCUT2D eigenvalue weighted by Gasteiger charge is -2.25. The highest BCUT2D eigenvalue weighted by atomic mass is 79.9. The SMILES string of the molecule is Cc1c(Br)ccc(C2CCCNC2)c1C. The predicted molar refractivity (Wildman–Crippen MR) is 68.5 cm³/mol. The summed E-state index contributed by atoms with van der Waals surface area (Å²) in [6.45, 7) is 6.76. The average molecular weight is 268 g/mol. The Morgan fingerprint density at radius 3 is 2.73 bits per heavy atom. The molecule has 0 radical (unpaired) electrons. The minimum Gasteiger partial charge on any atom is -0.316 e. The van der Waals surface area contributed by atoms with Crippen LogP contribution in [0.4, 0.5) is 0 Å². The largest absolute Gasteiger partial charge is 0.316 e. The molecule has 1 N–H and O–H groups in total. The lowest BCUT2D eigenvalue weighted by Crippen LogP contribution is -2.28. The highest BCUT2D eigenvalue weighted by Gasteiger charge is 2.17. The van der Waals surface area contributed by atoms with Crippen molar-refractivity contribution in [1.82, 2.24) is 5.32 Å². The molecule has 0 amide bonds. The maximum absolute atomic E-state index is 3.59. The number of hydrogen-bond donors (Lipinski definition) is 1. The Bertz CT molecular complexity index is 354. The Kier molecular flexibility index (Phi) is 3.47. The summed E-state index contributed by atoms with van der Waals surface area (Å²) in [5.74, 6) is 0.713. The molecule has 0 aliphatic carbocycles. The highest BCUT2D eigenvalue weighted by Crippen LogP contribution is 2.30. The van der Waals surface area contributed by atoms with Crippen LogP contribution in [-0.2, 0) is 0 Å². The molecule has 15 heavy (non-hydrogen) atoms. The number of piperidine rings is 1. The zero-order valence-electron chi connectivity index (χ0n) is 9.44. The number of rotatable bonds is 1. The Hall–Kier alpha value is -0.340. The molecule has 1 nitrogen and oxygen atoms in total. The van der Waals surface area contributed by atoms with Crippen molar-refractivity contribution in [3.63, 3.8) is 0 Å². The standard InChI is InChI=1S/C13H18BrN/c1-9-10(2)13(14)6-5-12(9)11-4-3-7-15-8-11/h5-6,11,15H,3-4,7-8H2,1-2H3. The third-order valence-corrected chi connectivity index (χ3v) is 4.36. The Labute approximate surface area is 100 Å². The summed E-state index contributed by atoms with van der Waals surface area (Å²) in [6.07, 6.45) is 2.63. The number of halogens is 1. The molecule has 1 aromatic rings. The molecule has 1 aromatic carbocycles. The van der Waals surface area contributed by atoms with E-state index >= 15 is 0 Å². The molecule has 2 heteroatoms. The minimum atomic E-state index is 0.713. The number of hydrogen-bond acceptors (Lipinski definition) is 1. The Balaban J connectivity index is 2.31. The normalized spacial score (nSPS) is 21.7. The third kappa shape index (κ3) is 2.26. The second-order valence-electron chi connectivity index (χ2n) is 4.43. The van der Waals surface area contributed by atoms with Crippen LogP contribution >= 0.6 is 15.9 Å². The van der Waals surface area contributed by atoms with Gasteiger partial charge in [-0.15, -0.1) is 0 Å². The maximum Gasteiger partial charge on any atom is 0.0207 e. The van der Waals surface area contributed by atoms with E-state index in [0.717, 1.165) is 6.54 Å². The van der Waals surface area contributed by atoms with Gasteiger partial charge in [0.1, 0.15) is 0 Å². The monoisotopic (exact) mass is 267 g/mol. The van der Waals surface area contributed by atoms with E-state index in [2.05, 4.69) is 47.2 Å². The molecule has 2 rings (SSSR count). The summed E-state index contributed by atoms with van der Waals surface area (Å²) in [6, 6.07) is 4.47. The van der Waals surface area contributed by atoms with Crippen LogP contribution in [0.2, 0.25) is 0 Å². The van der Waals surface area contributed by atoms with Crippen molar-refractivity contribution < 1.29 is 0 Å². The van der Waals surface area contributed by atoms with Crippen LogP contribution in [0.1, 0.15) is 35.4 Å². The number of nitrogens with one attached hydrogen (secondary N) is 1. The van der Waals surface area contributed by atoms with Crippen molar-refractivity contribution in [3.05, 3.63) is 33.3 Å². The van der Waals surface area contributed by atoms with E-state index < -0.39 is 0 Å². The predicted octanol–water partition coefficient (Wildman–Crippen LogP) is 3.53. The van der Waals surface area contributed by atoms with Crippen molar-refractivity contribution in [3.8, 4) is 0 Å². The van der Waals surface area contributed by atoms with Gasteiger partial charge < -0.3 is 5.32 Å². The van der Waals surface area contributed by atoms with Crippen molar-refractivity contribution in [2.24, 2.45) is 0 Å². The van der Waals surface area contributed by atoms with Crippen LogP contribution in [0.15, 0.2) is 16.6 Å². The average Bonchev–Trinajstić information content (AvgIpc) is 2.27. The summed E-state index contributed by atoms with van der Waals surface area (Å²) in [5, 5.41) is 3.48. The topological polar surface area (TPSA) is 12.0 Å². The van der Waals surface area contributed by atoms with Gasteiger partial charge in [-0.25, -0.2) is 0 Å². The molecule has 0 aromatic heterocycles. The van der Waals surface area contributed by atoms with Crippen molar-refractivity contribution >= 4 is 15.9 Å². The fourth-order valence-electron chi connectivity index (χ4n) is 2.37. The van der Waals surface area contributed by atoms with Gasteiger partial charge in [0, 0.05) is 11.0 Å². The summed E-state index contributed by atoms with van der Waals surface area (Å²) >= 11 is 3.59. The molecule has 1 unspecified atom stereocenters. The van der Waals surface area contributed by atoms with E-state index in [0.29, 0.717) is 5.92 Å². The van der Waals surface area contributed by atoms with Crippen molar-refractivity contribution in [2.75, 3.05) is 13.1 Å². The van der Waals surface area contributed by atoms with Crippen LogP contribution in [0, 0.1) is 13.8 Å². The maximum atomic E-state index is 3.59. The first-order chi connectivity index (χ1) is 7.20. The summed E-state index contributed by atoms with van der Waals surface area (Å²) in [4.78, 5) is 0. The van der Waals surface area contributed by atoms with Gasteiger partial charge in [0.15, 0.2) is 0 Å². The van der Waals surface area contributed by atoms with Gasteiger partial charge in [0.05, 0.1) is 0 Å². The van der Waals surface area contributed by atoms with E-state index in [4.69, 9.17) is 0 Å². The van der Waals surface area contributed by atoms with Crippen molar-refractivity contribution in [2.45, 2.75) is 32.6 Å². The first kappa shape index (κ1) is 11.2. The first-order valence-corrected chi connectivity index (χ1v) is 6.45. The third-order valence-electron chi connectivity index (χ3n) is 3.50. The summed E-state index contributed by atoms with van der Waals surface area (Å²) in [7, 11) is 0. The molecule has 0 saturated carbocycles. The van der Waals surface area contributed by atoms with E-state index in [-0.39, 0.29) is 0 Å². The van der Waals surface area contributed by atoms with Crippen LogP contribution in [-0.4, -0.2) is 13.1 Å². The highest BCUT2D eigenvalue weighted by molar-refractivity contribution is 9.10. The molecular weight excluding hydrogens is 250 g/mol. The van der Waals surface area contributed by atoms with E-state index in [9.17, 15) is 0 Å². The summed E-state index contributed by atoms with van der Waals surface area (Å²) < 4.78 is 1.23. The second kappa shape index (κ2) is 4.67. The fourth-order valence-corrected chi connectivity index (χ4v) is 2.80. The summed E-state index contributed by atoms with van der Waals surface area (Å²) in [5.41, 5.74) is 4.37. The molecule has 1 saturated heterocycles. The van der Waals surface area contributed by atoms with Crippen LogP contribution in [0.3, 0.4) is 0 Å². The zero-order chi connectivity index (χ0) is 10.8. The van der Waals surface area contributed by atoms with Crippen molar-refractivity contribution in [1.29, 1.82) is 0 Å². The molecule has 1 aliphatic rings. The molecular formula is C13H18BrN. The Morgan fingerprint density at radius 1 is 1.27 bits per heavy atom.